The number of carboxylic acids is 1. The van der Waals surface area contributed by atoms with E-state index < -0.39 is 12.0 Å². The Morgan fingerprint density at radius 3 is 2.82 bits per heavy atom. The third-order valence-corrected chi connectivity index (χ3v) is 3.04. The Morgan fingerprint density at radius 2 is 2.12 bits per heavy atom. The molecule has 1 aromatic rings. The van der Waals surface area contributed by atoms with Gasteiger partial charge in [-0.15, -0.1) is 0 Å². The highest BCUT2D eigenvalue weighted by Gasteiger charge is 2.20. The molecule has 0 aromatic heterocycles. The molecule has 6 heteroatoms. The maximum Gasteiger partial charge on any atom is 0.325 e. The van der Waals surface area contributed by atoms with Crippen molar-refractivity contribution in [2.75, 3.05) is 13.2 Å². The van der Waals surface area contributed by atoms with Crippen LogP contribution in [0.5, 0.6) is 11.5 Å². The molecule has 17 heavy (non-hydrogen) atoms. The van der Waals surface area contributed by atoms with Crippen molar-refractivity contribution in [2.24, 2.45) is 5.73 Å². The molecule has 5 nitrogen and oxygen atoms in total. The first-order valence-corrected chi connectivity index (χ1v) is 5.96. The first-order valence-electron chi connectivity index (χ1n) is 5.17. The second-order valence-corrected chi connectivity index (χ2v) is 4.55. The van der Waals surface area contributed by atoms with Crippen LogP contribution in [0.25, 0.3) is 0 Å². The highest BCUT2D eigenvalue weighted by Crippen LogP contribution is 2.39. The van der Waals surface area contributed by atoms with Gasteiger partial charge in [0.15, 0.2) is 11.5 Å². The number of hydrogen-bond acceptors (Lipinski definition) is 4. The van der Waals surface area contributed by atoms with Crippen LogP contribution in [0.15, 0.2) is 16.6 Å². The molecule has 0 fully saturated rings. The molecule has 1 heterocycles. The van der Waals surface area contributed by atoms with Crippen molar-refractivity contribution >= 4 is 21.9 Å². The largest absolute Gasteiger partial charge is 0.490 e. The van der Waals surface area contributed by atoms with Gasteiger partial charge in [0, 0.05) is 6.42 Å². The van der Waals surface area contributed by atoms with Gasteiger partial charge in [-0.1, -0.05) is 0 Å². The second kappa shape index (κ2) is 4.93. The van der Waals surface area contributed by atoms with Crippen LogP contribution in [0.4, 0.5) is 0 Å². The van der Waals surface area contributed by atoms with Gasteiger partial charge in [0.1, 0.15) is 6.04 Å². The highest BCUT2D eigenvalue weighted by atomic mass is 79.9. The zero-order valence-corrected chi connectivity index (χ0v) is 10.6. The molecule has 2 rings (SSSR count). The average molecular weight is 302 g/mol. The van der Waals surface area contributed by atoms with Crippen molar-refractivity contribution in [3.8, 4) is 11.5 Å². The molecular weight excluding hydrogens is 290 g/mol. The third kappa shape index (κ3) is 2.53. The molecule has 0 bridgehead atoms. The number of fused-ring (bicyclic) bond motifs is 1. The molecule has 0 saturated carbocycles. The van der Waals surface area contributed by atoms with E-state index in [2.05, 4.69) is 15.9 Å². The van der Waals surface area contributed by atoms with Crippen LogP contribution in [0, 0.1) is 0 Å². The standard InChI is InChI=1S/C11H12BrNO4/c12-7-4-6(9(13)11(14)15)5-8-10(7)17-3-1-2-16-8/h4-5,9H,1-3,13H2,(H,14,15). The predicted molar refractivity (Wildman–Crippen MR) is 64.3 cm³/mol. The summed E-state index contributed by atoms with van der Waals surface area (Å²) in [5, 5.41) is 8.87. The fourth-order valence-corrected chi connectivity index (χ4v) is 2.15. The van der Waals surface area contributed by atoms with Crippen LogP contribution in [-0.4, -0.2) is 24.3 Å². The van der Waals surface area contributed by atoms with E-state index in [0.29, 0.717) is 34.7 Å². The van der Waals surface area contributed by atoms with Gasteiger partial charge in [-0.05, 0) is 33.6 Å². The number of rotatable bonds is 2. The summed E-state index contributed by atoms with van der Waals surface area (Å²) < 4.78 is 11.7. The molecule has 1 aromatic carbocycles. The van der Waals surface area contributed by atoms with Gasteiger partial charge in [-0.3, -0.25) is 4.79 Å². The fourth-order valence-electron chi connectivity index (χ4n) is 1.57. The van der Waals surface area contributed by atoms with Crippen molar-refractivity contribution in [1.29, 1.82) is 0 Å². The molecular formula is C11H12BrNO4. The number of carboxylic acid groups (broad SMARTS) is 1. The predicted octanol–water partition coefficient (Wildman–Crippen LogP) is 1.69. The Bertz CT molecular complexity index is 449. The molecule has 0 saturated heterocycles. The molecule has 0 spiro atoms. The lowest BCUT2D eigenvalue weighted by Gasteiger charge is -2.13. The topological polar surface area (TPSA) is 81.8 Å². The van der Waals surface area contributed by atoms with E-state index in [0.717, 1.165) is 6.42 Å². The molecule has 0 radical (unpaired) electrons. The minimum atomic E-state index is -1.08. The highest BCUT2D eigenvalue weighted by molar-refractivity contribution is 9.10. The maximum atomic E-state index is 10.8. The monoisotopic (exact) mass is 301 g/mol. The molecule has 1 unspecified atom stereocenters. The van der Waals surface area contributed by atoms with Crippen LogP contribution in [0.1, 0.15) is 18.0 Å². The number of halogens is 1. The van der Waals surface area contributed by atoms with E-state index in [9.17, 15) is 4.79 Å². The minimum Gasteiger partial charge on any atom is -0.490 e. The molecule has 0 amide bonds. The Kier molecular flexibility index (Phi) is 3.54. The Hall–Kier alpha value is -1.27. The van der Waals surface area contributed by atoms with Crippen molar-refractivity contribution in [3.05, 3.63) is 22.2 Å². The Labute approximate surface area is 107 Å². The maximum absolute atomic E-state index is 10.8. The van der Waals surface area contributed by atoms with E-state index in [1.807, 2.05) is 0 Å². The number of carbonyl (C=O) groups is 1. The summed E-state index contributed by atoms with van der Waals surface area (Å²) in [6.45, 7) is 1.13. The van der Waals surface area contributed by atoms with E-state index in [-0.39, 0.29) is 0 Å². The summed E-state index contributed by atoms with van der Waals surface area (Å²) in [5.74, 6) is 0.0544. The van der Waals surface area contributed by atoms with Crippen molar-refractivity contribution in [1.82, 2.24) is 0 Å². The van der Waals surface area contributed by atoms with Crippen LogP contribution in [0.3, 0.4) is 0 Å². The van der Waals surface area contributed by atoms with Gasteiger partial charge in [0.2, 0.25) is 0 Å². The van der Waals surface area contributed by atoms with Crippen LogP contribution < -0.4 is 15.2 Å². The van der Waals surface area contributed by atoms with Crippen LogP contribution in [-0.2, 0) is 4.79 Å². The van der Waals surface area contributed by atoms with E-state index in [4.69, 9.17) is 20.3 Å². The SMILES string of the molecule is NC(C(=O)O)c1cc(Br)c2c(c1)OCCCO2. The minimum absolute atomic E-state index is 0.480. The summed E-state index contributed by atoms with van der Waals surface area (Å²) in [7, 11) is 0. The number of benzene rings is 1. The van der Waals surface area contributed by atoms with Crippen LogP contribution >= 0.6 is 15.9 Å². The molecule has 1 atom stereocenters. The number of ether oxygens (including phenoxy) is 2. The van der Waals surface area contributed by atoms with Gasteiger partial charge >= 0.3 is 5.97 Å². The summed E-state index contributed by atoms with van der Waals surface area (Å²) in [6.07, 6.45) is 0.793. The Morgan fingerprint density at radius 1 is 1.41 bits per heavy atom. The molecule has 3 N–H and O–H groups in total. The van der Waals surface area contributed by atoms with Gasteiger partial charge < -0.3 is 20.3 Å². The van der Waals surface area contributed by atoms with E-state index in [1.165, 1.54) is 0 Å². The van der Waals surface area contributed by atoms with Gasteiger partial charge in [-0.2, -0.15) is 0 Å². The van der Waals surface area contributed by atoms with Crippen LogP contribution in [0.2, 0.25) is 0 Å². The second-order valence-electron chi connectivity index (χ2n) is 3.70. The lowest BCUT2D eigenvalue weighted by Crippen LogP contribution is -2.20. The molecule has 0 aliphatic carbocycles. The first kappa shape index (κ1) is 12.2. The zero-order chi connectivity index (χ0) is 12.4. The van der Waals surface area contributed by atoms with Gasteiger partial charge in [-0.25, -0.2) is 0 Å². The molecule has 1 aliphatic rings. The quantitative estimate of drug-likeness (QED) is 0.869. The first-order chi connectivity index (χ1) is 8.09. The normalized spacial score (nSPS) is 16.1. The van der Waals surface area contributed by atoms with Gasteiger partial charge in [0.05, 0.1) is 17.7 Å². The smallest absolute Gasteiger partial charge is 0.325 e. The number of nitrogens with two attached hydrogens (primary N) is 1. The zero-order valence-electron chi connectivity index (χ0n) is 8.98. The fraction of sp³-hybridized carbons (Fsp3) is 0.364. The van der Waals surface area contributed by atoms with E-state index in [1.54, 1.807) is 12.1 Å². The third-order valence-electron chi connectivity index (χ3n) is 2.45. The Balaban J connectivity index is 2.42. The number of aliphatic carboxylic acids is 1. The van der Waals surface area contributed by atoms with Crippen molar-refractivity contribution < 1.29 is 19.4 Å². The van der Waals surface area contributed by atoms with Gasteiger partial charge in [0.25, 0.3) is 0 Å². The number of hydrogen-bond donors (Lipinski definition) is 2. The summed E-state index contributed by atoms with van der Waals surface area (Å²) >= 11 is 3.33. The average Bonchev–Trinajstić information content (AvgIpc) is 2.53. The summed E-state index contributed by atoms with van der Waals surface area (Å²) in [4.78, 5) is 10.8. The lowest BCUT2D eigenvalue weighted by molar-refractivity contribution is -0.138. The summed E-state index contributed by atoms with van der Waals surface area (Å²) in [5.41, 5.74) is 6.04. The molecule has 92 valence electrons. The van der Waals surface area contributed by atoms with Crippen molar-refractivity contribution in [3.63, 3.8) is 0 Å². The summed E-state index contributed by atoms with van der Waals surface area (Å²) in [6, 6.07) is 2.19. The molecule has 1 aliphatic heterocycles. The van der Waals surface area contributed by atoms with Crippen molar-refractivity contribution in [2.45, 2.75) is 12.5 Å². The van der Waals surface area contributed by atoms with E-state index >= 15 is 0 Å². The lowest BCUT2D eigenvalue weighted by atomic mass is 10.1.